The predicted molar refractivity (Wildman–Crippen MR) is 122 cm³/mol. The number of benzene rings is 2. The molecule has 10 heteroatoms. The molecule has 4 rings (SSSR count). The van der Waals surface area contributed by atoms with Gasteiger partial charge in [-0.15, -0.1) is 0 Å². The van der Waals surface area contributed by atoms with Crippen LogP contribution < -0.4 is 14.4 Å². The van der Waals surface area contributed by atoms with Gasteiger partial charge in [0.05, 0.1) is 24.0 Å². The van der Waals surface area contributed by atoms with Gasteiger partial charge in [-0.05, 0) is 38.1 Å². The molecule has 172 valence electrons. The zero-order valence-electron chi connectivity index (χ0n) is 18.3. The van der Waals surface area contributed by atoms with E-state index in [2.05, 4.69) is 10.1 Å². The lowest BCUT2D eigenvalue weighted by Crippen LogP contribution is -2.37. The number of carbonyl (C=O) groups is 1. The fraction of sp³-hybridized carbons (Fsp3) is 0.261. The zero-order chi connectivity index (χ0) is 23.5. The van der Waals surface area contributed by atoms with Crippen LogP contribution in [0.5, 0.6) is 11.5 Å². The van der Waals surface area contributed by atoms with Gasteiger partial charge in [0.15, 0.2) is 29.1 Å². The standard InChI is InChI=1S/C23H22F2N4O3S/c1-14-10-15(2)29(27-14)9-8-28(21(30)13-32-19-7-5-4-6-18(19)31-3)23-26-22-17(25)11-16(24)12-20(22)33-23/h4-7,10-12H,8-9,13H2,1-3H3. The summed E-state index contributed by atoms with van der Waals surface area (Å²) in [4.78, 5) is 18.9. The molecule has 0 radical (unpaired) electrons. The maximum Gasteiger partial charge on any atom is 0.266 e. The molecule has 0 unspecified atom stereocenters. The number of anilines is 1. The van der Waals surface area contributed by atoms with Crippen LogP contribution in [0.2, 0.25) is 0 Å². The van der Waals surface area contributed by atoms with Crippen LogP contribution in [0.1, 0.15) is 11.4 Å². The van der Waals surface area contributed by atoms with Crippen molar-refractivity contribution in [1.82, 2.24) is 14.8 Å². The third-order valence-corrected chi connectivity index (χ3v) is 6.02. The second-order valence-electron chi connectivity index (χ2n) is 7.37. The number of amides is 1. The molecule has 33 heavy (non-hydrogen) atoms. The number of rotatable bonds is 8. The molecule has 0 aliphatic rings. The highest BCUT2D eigenvalue weighted by Crippen LogP contribution is 2.32. The first-order valence-corrected chi connectivity index (χ1v) is 11.0. The summed E-state index contributed by atoms with van der Waals surface area (Å²) in [5, 5.41) is 4.68. The van der Waals surface area contributed by atoms with E-state index < -0.39 is 11.6 Å². The van der Waals surface area contributed by atoms with Crippen LogP contribution in [-0.2, 0) is 11.3 Å². The second-order valence-corrected chi connectivity index (χ2v) is 8.38. The van der Waals surface area contributed by atoms with Gasteiger partial charge in [-0.3, -0.25) is 14.4 Å². The van der Waals surface area contributed by atoms with Crippen molar-refractivity contribution in [2.75, 3.05) is 25.2 Å². The minimum Gasteiger partial charge on any atom is -0.493 e. The van der Waals surface area contributed by atoms with Crippen LogP contribution in [0.25, 0.3) is 10.2 Å². The first-order valence-electron chi connectivity index (χ1n) is 10.2. The van der Waals surface area contributed by atoms with Crippen molar-refractivity contribution in [2.24, 2.45) is 0 Å². The van der Waals surface area contributed by atoms with Crippen LogP contribution in [0.3, 0.4) is 0 Å². The maximum absolute atomic E-state index is 14.2. The lowest BCUT2D eigenvalue weighted by molar-refractivity contribution is -0.120. The third kappa shape index (κ3) is 4.95. The van der Waals surface area contributed by atoms with Crippen LogP contribution in [0.4, 0.5) is 13.9 Å². The second kappa shape index (κ2) is 9.53. The number of thiazole rings is 1. The molecule has 0 aliphatic carbocycles. The molecule has 0 N–H and O–H groups in total. The largest absolute Gasteiger partial charge is 0.493 e. The fourth-order valence-corrected chi connectivity index (χ4v) is 4.49. The molecule has 0 saturated carbocycles. The van der Waals surface area contributed by atoms with Crippen molar-refractivity contribution >= 4 is 32.6 Å². The van der Waals surface area contributed by atoms with Gasteiger partial charge in [0.2, 0.25) is 0 Å². The van der Waals surface area contributed by atoms with Gasteiger partial charge in [-0.2, -0.15) is 5.10 Å². The van der Waals surface area contributed by atoms with E-state index >= 15 is 0 Å². The van der Waals surface area contributed by atoms with Crippen molar-refractivity contribution in [1.29, 1.82) is 0 Å². The number of methoxy groups -OCH3 is 1. The summed E-state index contributed by atoms with van der Waals surface area (Å²) in [6.07, 6.45) is 0. The number of hydrogen-bond acceptors (Lipinski definition) is 6. The van der Waals surface area contributed by atoms with Crippen molar-refractivity contribution in [2.45, 2.75) is 20.4 Å². The SMILES string of the molecule is COc1ccccc1OCC(=O)N(CCn1nc(C)cc1C)c1nc2c(F)cc(F)cc2s1. The fourth-order valence-electron chi connectivity index (χ4n) is 3.44. The smallest absolute Gasteiger partial charge is 0.266 e. The summed E-state index contributed by atoms with van der Waals surface area (Å²) >= 11 is 1.04. The summed E-state index contributed by atoms with van der Waals surface area (Å²) in [5.74, 6) is -0.942. The Morgan fingerprint density at radius 3 is 2.61 bits per heavy atom. The van der Waals surface area contributed by atoms with Gasteiger partial charge in [-0.1, -0.05) is 23.5 Å². The zero-order valence-corrected chi connectivity index (χ0v) is 19.2. The number of aryl methyl sites for hydroxylation is 2. The predicted octanol–water partition coefficient (Wildman–Crippen LogP) is 4.51. The molecule has 0 saturated heterocycles. The highest BCUT2D eigenvalue weighted by molar-refractivity contribution is 7.22. The normalized spacial score (nSPS) is 11.1. The van der Waals surface area contributed by atoms with E-state index in [1.807, 2.05) is 19.9 Å². The maximum atomic E-state index is 14.2. The minimum absolute atomic E-state index is 0.0194. The van der Waals surface area contributed by atoms with E-state index in [0.29, 0.717) is 22.7 Å². The average Bonchev–Trinajstić information content (AvgIpc) is 3.35. The van der Waals surface area contributed by atoms with Crippen molar-refractivity contribution in [3.8, 4) is 11.5 Å². The van der Waals surface area contributed by atoms with E-state index in [1.165, 1.54) is 18.1 Å². The first kappa shape index (κ1) is 22.7. The van der Waals surface area contributed by atoms with E-state index in [0.717, 1.165) is 28.8 Å². The Hall–Kier alpha value is -3.53. The van der Waals surface area contributed by atoms with Gasteiger partial charge in [0.1, 0.15) is 11.3 Å². The van der Waals surface area contributed by atoms with E-state index in [4.69, 9.17) is 9.47 Å². The van der Waals surface area contributed by atoms with Crippen LogP contribution in [0.15, 0.2) is 42.5 Å². The van der Waals surface area contributed by atoms with Crippen molar-refractivity contribution in [3.63, 3.8) is 0 Å². The Morgan fingerprint density at radius 2 is 1.91 bits per heavy atom. The number of halogens is 2. The molecule has 0 spiro atoms. The molecular weight excluding hydrogens is 450 g/mol. The molecule has 2 heterocycles. The number of carbonyl (C=O) groups excluding carboxylic acids is 1. The van der Waals surface area contributed by atoms with Gasteiger partial charge in [0.25, 0.3) is 5.91 Å². The highest BCUT2D eigenvalue weighted by atomic mass is 32.1. The lowest BCUT2D eigenvalue weighted by Gasteiger charge is -2.21. The van der Waals surface area contributed by atoms with Crippen molar-refractivity contribution < 1.29 is 23.0 Å². The third-order valence-electron chi connectivity index (χ3n) is 4.99. The summed E-state index contributed by atoms with van der Waals surface area (Å²) in [5.41, 5.74) is 1.83. The van der Waals surface area contributed by atoms with Crippen LogP contribution in [-0.4, -0.2) is 40.9 Å². The molecule has 0 atom stereocenters. The van der Waals surface area contributed by atoms with Crippen molar-refractivity contribution in [3.05, 3.63) is 65.5 Å². The molecule has 0 fully saturated rings. The average molecular weight is 473 g/mol. The Kier molecular flexibility index (Phi) is 6.55. The van der Waals surface area contributed by atoms with Gasteiger partial charge in [-0.25, -0.2) is 13.8 Å². The molecule has 2 aromatic carbocycles. The molecule has 0 bridgehead atoms. The molecular formula is C23H22F2N4O3S. The van der Waals surface area contributed by atoms with Gasteiger partial charge < -0.3 is 9.47 Å². The highest BCUT2D eigenvalue weighted by Gasteiger charge is 2.23. The summed E-state index contributed by atoms with van der Waals surface area (Å²) < 4.78 is 41.0. The Balaban J connectivity index is 1.61. The number of hydrogen-bond donors (Lipinski definition) is 0. The summed E-state index contributed by atoms with van der Waals surface area (Å²) in [7, 11) is 1.51. The number of ether oxygens (including phenoxy) is 2. The number of fused-ring (bicyclic) bond motifs is 1. The molecule has 2 aromatic heterocycles. The van der Waals surface area contributed by atoms with Crippen LogP contribution >= 0.6 is 11.3 Å². The number of aromatic nitrogens is 3. The summed E-state index contributed by atoms with van der Waals surface area (Å²) in [6.45, 7) is 4.14. The van der Waals surface area contributed by atoms with E-state index in [1.54, 1.807) is 28.9 Å². The first-order chi connectivity index (χ1) is 15.9. The topological polar surface area (TPSA) is 69.5 Å². The summed E-state index contributed by atoms with van der Waals surface area (Å²) in [6, 6.07) is 10.9. The van der Waals surface area contributed by atoms with Gasteiger partial charge >= 0.3 is 0 Å². The Morgan fingerprint density at radius 1 is 1.15 bits per heavy atom. The van der Waals surface area contributed by atoms with Gasteiger partial charge in [0, 0.05) is 18.3 Å². The monoisotopic (exact) mass is 472 g/mol. The van der Waals surface area contributed by atoms with E-state index in [9.17, 15) is 13.6 Å². The number of nitrogens with zero attached hydrogens (tertiary/aromatic N) is 4. The molecule has 4 aromatic rings. The molecule has 7 nitrogen and oxygen atoms in total. The quantitative estimate of drug-likeness (QED) is 0.378. The minimum atomic E-state index is -0.774. The molecule has 1 amide bonds. The number of para-hydroxylation sites is 2. The molecule has 0 aliphatic heterocycles. The van der Waals surface area contributed by atoms with E-state index in [-0.39, 0.29) is 29.7 Å². The van der Waals surface area contributed by atoms with Crippen LogP contribution in [0, 0.1) is 25.5 Å². The Labute approximate surface area is 193 Å². The lowest BCUT2D eigenvalue weighted by atomic mass is 10.3. The Bertz CT molecular complexity index is 1300.